The zero-order valence-electron chi connectivity index (χ0n) is 11.2. The number of nitrogens with two attached hydrogens (primary N) is 1. The molecule has 0 amide bonds. The van der Waals surface area contributed by atoms with Crippen molar-refractivity contribution in [1.29, 1.82) is 0 Å². The number of hydrogen-bond acceptors (Lipinski definition) is 4. The van der Waals surface area contributed by atoms with Crippen LogP contribution in [-0.2, 0) is 0 Å². The van der Waals surface area contributed by atoms with Gasteiger partial charge in [0.15, 0.2) is 0 Å². The molecule has 19 heavy (non-hydrogen) atoms. The molecule has 1 aromatic carbocycles. The molecular weight excluding hydrogens is 258 g/mol. The number of aliphatic hydroxyl groups excluding tert-OH is 1. The summed E-state index contributed by atoms with van der Waals surface area (Å²) in [6, 6.07) is 7.60. The largest absolute Gasteiger partial charge is 0.493 e. The molecule has 1 fully saturated rings. The molecule has 1 aliphatic rings. The summed E-state index contributed by atoms with van der Waals surface area (Å²) in [5.41, 5.74) is 6.34. The van der Waals surface area contributed by atoms with Crippen molar-refractivity contribution in [2.75, 3.05) is 13.2 Å². The Kier molecular flexibility index (Phi) is 5.55. The van der Waals surface area contributed by atoms with Crippen LogP contribution in [0.4, 0.5) is 0 Å². The van der Waals surface area contributed by atoms with Gasteiger partial charge in [-0.15, -0.1) is 0 Å². The van der Waals surface area contributed by atoms with Crippen LogP contribution in [0.25, 0.3) is 0 Å². The quantitative estimate of drug-likeness (QED) is 0.702. The first-order valence-corrected chi connectivity index (χ1v) is 7.51. The summed E-state index contributed by atoms with van der Waals surface area (Å²) >= 11 is 4.28. The van der Waals surface area contributed by atoms with Crippen molar-refractivity contribution < 1.29 is 9.84 Å². The van der Waals surface area contributed by atoms with Gasteiger partial charge in [0.1, 0.15) is 5.75 Å². The molecule has 3 nitrogen and oxygen atoms in total. The maximum Gasteiger partial charge on any atom is 0.119 e. The van der Waals surface area contributed by atoms with Crippen molar-refractivity contribution in [3.63, 3.8) is 0 Å². The lowest BCUT2D eigenvalue weighted by atomic mass is 10.1. The summed E-state index contributed by atoms with van der Waals surface area (Å²) in [4.78, 5) is 0. The first-order chi connectivity index (χ1) is 9.20. The van der Waals surface area contributed by atoms with Gasteiger partial charge in [-0.05, 0) is 36.5 Å². The molecule has 0 aliphatic heterocycles. The molecule has 3 N–H and O–H groups in total. The molecule has 0 spiro atoms. The molecule has 0 aromatic heterocycles. The number of thiol groups is 1. The molecule has 1 aliphatic carbocycles. The van der Waals surface area contributed by atoms with Crippen LogP contribution in [-0.4, -0.2) is 23.5 Å². The van der Waals surface area contributed by atoms with E-state index in [0.717, 1.165) is 17.9 Å². The van der Waals surface area contributed by atoms with E-state index in [1.807, 2.05) is 24.3 Å². The maximum absolute atomic E-state index is 10.1. The Morgan fingerprint density at radius 2 is 2.11 bits per heavy atom. The van der Waals surface area contributed by atoms with Crippen molar-refractivity contribution in [3.05, 3.63) is 29.8 Å². The van der Waals surface area contributed by atoms with E-state index in [1.165, 1.54) is 25.7 Å². The third kappa shape index (κ3) is 4.13. The van der Waals surface area contributed by atoms with Crippen LogP contribution in [0.3, 0.4) is 0 Å². The van der Waals surface area contributed by atoms with Gasteiger partial charge in [-0.1, -0.05) is 25.0 Å². The van der Waals surface area contributed by atoms with Gasteiger partial charge in [-0.2, -0.15) is 12.6 Å². The number of hydrogen-bond donors (Lipinski definition) is 3. The lowest BCUT2D eigenvalue weighted by Gasteiger charge is -2.18. The van der Waals surface area contributed by atoms with Gasteiger partial charge < -0.3 is 15.6 Å². The molecule has 0 saturated heterocycles. The Hall–Kier alpha value is -0.710. The Bertz CT molecular complexity index is 393. The summed E-state index contributed by atoms with van der Waals surface area (Å²) in [7, 11) is 0. The van der Waals surface area contributed by atoms with E-state index in [4.69, 9.17) is 10.5 Å². The van der Waals surface area contributed by atoms with Gasteiger partial charge >= 0.3 is 0 Å². The van der Waals surface area contributed by atoms with Crippen LogP contribution >= 0.6 is 12.6 Å². The van der Waals surface area contributed by atoms with Gasteiger partial charge in [0, 0.05) is 11.8 Å². The average molecular weight is 281 g/mol. The van der Waals surface area contributed by atoms with Crippen LogP contribution in [0.5, 0.6) is 5.75 Å². The molecule has 1 saturated carbocycles. The monoisotopic (exact) mass is 281 g/mol. The van der Waals surface area contributed by atoms with Gasteiger partial charge in [-0.3, -0.25) is 0 Å². The number of benzene rings is 1. The van der Waals surface area contributed by atoms with E-state index in [9.17, 15) is 5.11 Å². The van der Waals surface area contributed by atoms with E-state index in [2.05, 4.69) is 12.6 Å². The van der Waals surface area contributed by atoms with E-state index in [1.54, 1.807) is 0 Å². The zero-order chi connectivity index (χ0) is 13.7. The Balaban J connectivity index is 1.94. The SMILES string of the molecule is NCC(S)[C@@H](O)c1cccc(OCC2CCCC2)c1. The molecule has 0 bridgehead atoms. The Labute approximate surface area is 120 Å². The second-order valence-electron chi connectivity index (χ2n) is 5.28. The van der Waals surface area contributed by atoms with Crippen LogP contribution in [0.1, 0.15) is 37.4 Å². The summed E-state index contributed by atoms with van der Waals surface area (Å²) < 4.78 is 5.83. The molecule has 0 radical (unpaired) electrons. The maximum atomic E-state index is 10.1. The summed E-state index contributed by atoms with van der Waals surface area (Å²) in [6.07, 6.45) is 4.54. The molecule has 1 aromatic rings. The summed E-state index contributed by atoms with van der Waals surface area (Å²) in [5, 5.41) is 9.84. The van der Waals surface area contributed by atoms with Crippen molar-refractivity contribution in [2.24, 2.45) is 11.7 Å². The predicted molar refractivity (Wildman–Crippen MR) is 80.7 cm³/mol. The lowest BCUT2D eigenvalue weighted by molar-refractivity contribution is 0.176. The normalized spacial score (nSPS) is 19.3. The fraction of sp³-hybridized carbons (Fsp3) is 0.600. The lowest BCUT2D eigenvalue weighted by Crippen LogP contribution is -2.22. The standard InChI is InChI=1S/C15H23NO2S/c16-9-14(19)15(17)12-6-3-7-13(8-12)18-10-11-4-1-2-5-11/h3,6-8,11,14-15,17,19H,1-2,4-5,9-10,16H2/t14?,15-/m0/s1. The summed E-state index contributed by atoms with van der Waals surface area (Å²) in [5.74, 6) is 1.51. The number of aliphatic hydroxyl groups is 1. The molecular formula is C15H23NO2S. The van der Waals surface area contributed by atoms with Crippen molar-refractivity contribution in [3.8, 4) is 5.75 Å². The summed E-state index contributed by atoms with van der Waals surface area (Å²) in [6.45, 7) is 1.12. The average Bonchev–Trinajstić information content (AvgIpc) is 2.97. The second-order valence-corrected chi connectivity index (χ2v) is 5.95. The van der Waals surface area contributed by atoms with Crippen molar-refractivity contribution in [2.45, 2.75) is 37.0 Å². The first kappa shape index (κ1) is 14.7. The highest BCUT2D eigenvalue weighted by molar-refractivity contribution is 7.81. The van der Waals surface area contributed by atoms with Gasteiger partial charge in [0.05, 0.1) is 12.7 Å². The van der Waals surface area contributed by atoms with Gasteiger partial charge in [0.25, 0.3) is 0 Å². The first-order valence-electron chi connectivity index (χ1n) is 6.99. The second kappa shape index (κ2) is 7.17. The van der Waals surface area contributed by atoms with Crippen molar-refractivity contribution >= 4 is 12.6 Å². The smallest absolute Gasteiger partial charge is 0.119 e. The van der Waals surface area contributed by atoms with E-state index in [-0.39, 0.29) is 5.25 Å². The fourth-order valence-electron chi connectivity index (χ4n) is 2.53. The molecule has 2 rings (SSSR count). The minimum Gasteiger partial charge on any atom is -0.493 e. The van der Waals surface area contributed by atoms with E-state index >= 15 is 0 Å². The molecule has 1 unspecified atom stereocenters. The number of ether oxygens (including phenoxy) is 1. The Morgan fingerprint density at radius 3 is 2.79 bits per heavy atom. The Morgan fingerprint density at radius 1 is 1.37 bits per heavy atom. The third-order valence-corrected chi connectivity index (χ3v) is 4.26. The highest BCUT2D eigenvalue weighted by atomic mass is 32.1. The highest BCUT2D eigenvalue weighted by Gasteiger charge is 2.18. The minimum atomic E-state index is -0.650. The van der Waals surface area contributed by atoms with Gasteiger partial charge in [0.2, 0.25) is 0 Å². The molecule has 4 heteroatoms. The zero-order valence-corrected chi connectivity index (χ0v) is 12.1. The minimum absolute atomic E-state index is 0.245. The predicted octanol–water partition coefficient (Wildman–Crippen LogP) is 2.55. The molecule has 0 heterocycles. The van der Waals surface area contributed by atoms with Crippen LogP contribution in [0.15, 0.2) is 24.3 Å². The van der Waals surface area contributed by atoms with Crippen LogP contribution in [0.2, 0.25) is 0 Å². The van der Waals surface area contributed by atoms with Crippen LogP contribution in [0, 0.1) is 5.92 Å². The molecule has 2 atom stereocenters. The van der Waals surface area contributed by atoms with Crippen molar-refractivity contribution in [1.82, 2.24) is 0 Å². The van der Waals surface area contributed by atoms with Crippen LogP contribution < -0.4 is 10.5 Å². The fourth-order valence-corrected chi connectivity index (χ4v) is 2.70. The van der Waals surface area contributed by atoms with E-state index < -0.39 is 6.10 Å². The van der Waals surface area contributed by atoms with Gasteiger partial charge in [-0.25, -0.2) is 0 Å². The highest BCUT2D eigenvalue weighted by Crippen LogP contribution is 2.27. The number of rotatable bonds is 6. The topological polar surface area (TPSA) is 55.5 Å². The third-order valence-electron chi connectivity index (χ3n) is 3.77. The molecule has 106 valence electrons. The van der Waals surface area contributed by atoms with E-state index in [0.29, 0.717) is 12.5 Å².